The Balaban J connectivity index is 1.71. The van der Waals surface area contributed by atoms with Crippen LogP contribution in [-0.4, -0.2) is 18.9 Å². The summed E-state index contributed by atoms with van der Waals surface area (Å²) in [6.45, 7) is 8.57. The van der Waals surface area contributed by atoms with Crippen LogP contribution in [0.25, 0.3) is 17.0 Å². The normalized spacial score (nSPS) is 14.6. The molecule has 0 saturated heterocycles. The zero-order valence-electron chi connectivity index (χ0n) is 18.0. The van der Waals surface area contributed by atoms with Crippen LogP contribution in [0.1, 0.15) is 53.9 Å². The summed E-state index contributed by atoms with van der Waals surface area (Å²) < 4.78 is 12.8. The van der Waals surface area contributed by atoms with Crippen molar-refractivity contribution in [3.05, 3.63) is 63.0 Å². The van der Waals surface area contributed by atoms with Crippen LogP contribution < -0.4 is 14.7 Å². The Hall–Kier alpha value is -2.57. The molecule has 0 atom stereocenters. The summed E-state index contributed by atoms with van der Waals surface area (Å²) in [7, 11) is 0. The van der Waals surface area contributed by atoms with E-state index in [1.165, 1.54) is 4.90 Å². The Kier molecular flexibility index (Phi) is 6.21. The minimum absolute atomic E-state index is 0.0661. The van der Waals surface area contributed by atoms with Gasteiger partial charge in [0.15, 0.2) is 5.76 Å². The molecule has 4 rings (SSSR count). The summed E-state index contributed by atoms with van der Waals surface area (Å²) in [5.74, 6) is 0.877. The van der Waals surface area contributed by atoms with E-state index < -0.39 is 0 Å². The smallest absolute Gasteiger partial charge is 0.232 e. The first kappa shape index (κ1) is 21.7. The molecular weight excluding hydrogens is 458 g/mol. The molecule has 1 aliphatic rings. The van der Waals surface area contributed by atoms with Gasteiger partial charge in [-0.2, -0.15) is 0 Å². The van der Waals surface area contributed by atoms with Gasteiger partial charge in [-0.25, -0.2) is 0 Å². The lowest BCUT2D eigenvalue weighted by Gasteiger charge is -2.23. The molecule has 0 radical (unpaired) electrons. The highest BCUT2D eigenvalue weighted by Crippen LogP contribution is 2.40. The molecule has 0 spiro atoms. The summed E-state index contributed by atoms with van der Waals surface area (Å²) in [6.07, 6.45) is 3.68. The highest BCUT2D eigenvalue weighted by atomic mass is 79.9. The molecule has 1 aliphatic heterocycles. The first-order chi connectivity index (χ1) is 14.9. The van der Waals surface area contributed by atoms with Crippen molar-refractivity contribution < 1.29 is 24.0 Å². The van der Waals surface area contributed by atoms with E-state index in [0.717, 1.165) is 41.4 Å². The third-order valence-electron chi connectivity index (χ3n) is 5.61. The Morgan fingerprint density at radius 2 is 1.87 bits per heavy atom. The molecule has 1 N–H and O–H groups in total. The summed E-state index contributed by atoms with van der Waals surface area (Å²) >= 11 is 3.46. The molecule has 0 saturated carbocycles. The lowest BCUT2D eigenvalue weighted by atomic mass is 9.99. The summed E-state index contributed by atoms with van der Waals surface area (Å²) in [4.78, 5) is 14.5. The maximum absolute atomic E-state index is 13.1. The molecule has 0 amide bonds. The summed E-state index contributed by atoms with van der Waals surface area (Å²) in [5.41, 5.74) is 2.46. The predicted molar refractivity (Wildman–Crippen MR) is 122 cm³/mol. The number of hydrogen-bond donors (Lipinski definition) is 1. The van der Waals surface area contributed by atoms with Crippen molar-refractivity contribution >= 4 is 38.8 Å². The molecule has 0 unspecified atom stereocenters. The fourth-order valence-electron chi connectivity index (χ4n) is 4.23. The van der Waals surface area contributed by atoms with Gasteiger partial charge in [-0.1, -0.05) is 41.6 Å². The second kappa shape index (κ2) is 8.89. The molecule has 2 aromatic carbocycles. The van der Waals surface area contributed by atoms with Crippen LogP contribution in [0, 0.1) is 6.92 Å². The van der Waals surface area contributed by atoms with E-state index in [2.05, 4.69) is 29.8 Å². The number of ketones is 1. The van der Waals surface area contributed by atoms with Crippen LogP contribution in [0.3, 0.4) is 0 Å². The van der Waals surface area contributed by atoms with Crippen LogP contribution in [0.2, 0.25) is 0 Å². The fourth-order valence-corrected chi connectivity index (χ4v) is 4.61. The van der Waals surface area contributed by atoms with Crippen molar-refractivity contribution in [3.8, 4) is 11.5 Å². The lowest BCUT2D eigenvalue weighted by molar-refractivity contribution is -0.914. The van der Waals surface area contributed by atoms with E-state index in [1.807, 2.05) is 24.3 Å². The molecule has 31 heavy (non-hydrogen) atoms. The van der Waals surface area contributed by atoms with Crippen molar-refractivity contribution in [3.63, 3.8) is 0 Å². The molecule has 162 valence electrons. The molecular formula is C25H26BrNO4. The van der Waals surface area contributed by atoms with Gasteiger partial charge in [-0.3, -0.25) is 4.79 Å². The average molecular weight is 484 g/mol. The number of Topliss-reactive ketones (excluding diaryl/α,β-unsaturated/α-hetero) is 1. The number of quaternary nitrogens is 1. The Bertz CT molecular complexity index is 1170. The largest absolute Gasteiger partial charge is 0.872 e. The van der Waals surface area contributed by atoms with Gasteiger partial charge in [-0.05, 0) is 49.6 Å². The van der Waals surface area contributed by atoms with Crippen LogP contribution >= 0.6 is 15.9 Å². The number of aryl methyl sites for hydroxylation is 1. The van der Waals surface area contributed by atoms with Gasteiger partial charge >= 0.3 is 0 Å². The first-order valence-electron chi connectivity index (χ1n) is 10.7. The van der Waals surface area contributed by atoms with E-state index in [-0.39, 0.29) is 17.3 Å². The first-order valence-corrected chi connectivity index (χ1v) is 11.5. The maximum Gasteiger partial charge on any atom is 0.232 e. The van der Waals surface area contributed by atoms with E-state index in [4.69, 9.17) is 9.15 Å². The number of nitrogens with one attached hydrogen (secondary N) is 1. The van der Waals surface area contributed by atoms with Crippen LogP contribution in [0.4, 0.5) is 0 Å². The zero-order valence-corrected chi connectivity index (χ0v) is 19.6. The van der Waals surface area contributed by atoms with Gasteiger partial charge in [0.25, 0.3) is 0 Å². The molecule has 0 aliphatic carbocycles. The minimum atomic E-state index is -0.206. The van der Waals surface area contributed by atoms with E-state index in [0.29, 0.717) is 34.7 Å². The maximum atomic E-state index is 13.1. The number of furan rings is 1. The average Bonchev–Trinajstić information content (AvgIpc) is 3.26. The van der Waals surface area contributed by atoms with E-state index >= 15 is 0 Å². The zero-order chi connectivity index (χ0) is 22.1. The Labute approximate surface area is 190 Å². The summed E-state index contributed by atoms with van der Waals surface area (Å²) in [6, 6.07) is 9.17. The van der Waals surface area contributed by atoms with E-state index in [9.17, 15) is 9.90 Å². The molecule has 1 aromatic heterocycles. The standard InChI is InChI=1S/C25H26BrNO4/c1-4-8-27(9-5-2)14-19-20(28)10-15(3)23-24(29)22(31-25(19)23)13-18-12-16-11-17(26)6-7-21(16)30-18/h6-7,10-13,28H,4-5,8-9,14H2,1-3H3. The third-order valence-corrected chi connectivity index (χ3v) is 6.10. The van der Waals surface area contributed by atoms with Crippen molar-refractivity contribution in [2.45, 2.75) is 40.2 Å². The number of benzene rings is 2. The van der Waals surface area contributed by atoms with Gasteiger partial charge in [0, 0.05) is 21.5 Å². The number of carbonyl (C=O) groups excluding carboxylic acids is 1. The van der Waals surface area contributed by atoms with Crippen molar-refractivity contribution in [2.75, 3.05) is 13.1 Å². The molecule has 5 nitrogen and oxygen atoms in total. The van der Waals surface area contributed by atoms with Crippen LogP contribution in [0.5, 0.6) is 11.5 Å². The number of halogens is 1. The van der Waals surface area contributed by atoms with Gasteiger partial charge in [0.2, 0.25) is 5.78 Å². The van der Waals surface area contributed by atoms with Crippen LogP contribution in [0.15, 0.2) is 45.0 Å². The highest BCUT2D eigenvalue weighted by Gasteiger charge is 2.33. The molecule has 2 heterocycles. The second-order valence-corrected chi connectivity index (χ2v) is 8.99. The molecule has 6 heteroatoms. The number of hydrogen-bond acceptors (Lipinski definition) is 4. The van der Waals surface area contributed by atoms with Gasteiger partial charge in [0.1, 0.15) is 23.6 Å². The fraction of sp³-hybridized carbons (Fsp3) is 0.320. The lowest BCUT2D eigenvalue weighted by Crippen LogP contribution is -3.10. The number of rotatable bonds is 7. The second-order valence-electron chi connectivity index (χ2n) is 8.07. The molecule has 3 aromatic rings. The number of ether oxygens (including phenoxy) is 1. The van der Waals surface area contributed by atoms with Gasteiger partial charge in [0.05, 0.1) is 18.7 Å². The quantitative estimate of drug-likeness (QED) is 0.505. The van der Waals surface area contributed by atoms with Crippen molar-refractivity contribution in [1.82, 2.24) is 0 Å². The van der Waals surface area contributed by atoms with Crippen molar-refractivity contribution in [2.24, 2.45) is 0 Å². The van der Waals surface area contributed by atoms with Crippen LogP contribution in [-0.2, 0) is 6.54 Å². The predicted octanol–water partition coefficient (Wildman–Crippen LogP) is 4.40. The SMILES string of the molecule is CCC[NH+](CCC)Cc1c([O-])cc(C)c2c1OC(=Cc1cc3cc(Br)ccc3o1)C2=O. The number of carbonyl (C=O) groups is 1. The number of fused-ring (bicyclic) bond motifs is 2. The molecule has 0 bridgehead atoms. The minimum Gasteiger partial charge on any atom is -0.872 e. The number of allylic oxidation sites excluding steroid dienone is 1. The highest BCUT2D eigenvalue weighted by molar-refractivity contribution is 9.10. The monoisotopic (exact) mass is 483 g/mol. The van der Waals surface area contributed by atoms with Crippen molar-refractivity contribution in [1.29, 1.82) is 0 Å². The van der Waals surface area contributed by atoms with Gasteiger partial charge < -0.3 is 19.2 Å². The van der Waals surface area contributed by atoms with Gasteiger partial charge in [-0.15, -0.1) is 0 Å². The molecule has 0 fully saturated rings. The Morgan fingerprint density at radius 3 is 2.58 bits per heavy atom. The van der Waals surface area contributed by atoms with E-state index in [1.54, 1.807) is 19.1 Å². The Morgan fingerprint density at radius 1 is 1.13 bits per heavy atom. The summed E-state index contributed by atoms with van der Waals surface area (Å²) in [5, 5.41) is 13.7. The topological polar surface area (TPSA) is 66.9 Å². The third kappa shape index (κ3) is 4.27.